The zero-order chi connectivity index (χ0) is 15.0. The van der Waals surface area contributed by atoms with Gasteiger partial charge in [-0.25, -0.2) is 0 Å². The van der Waals surface area contributed by atoms with Gasteiger partial charge >= 0.3 is 0 Å². The first-order chi connectivity index (χ1) is 10.2. The third-order valence-corrected chi connectivity index (χ3v) is 4.27. The summed E-state index contributed by atoms with van der Waals surface area (Å²) in [6.07, 6.45) is 4.75. The number of methoxy groups -OCH3 is 1. The van der Waals surface area contributed by atoms with E-state index < -0.39 is 0 Å². The Bertz CT molecular complexity index is 430. The quantitative estimate of drug-likeness (QED) is 0.681. The lowest BCUT2D eigenvalue weighted by atomic mass is 9.65. The molecule has 1 aromatic carbocycles. The van der Waals surface area contributed by atoms with E-state index in [1.165, 1.54) is 24.8 Å². The molecule has 0 heterocycles. The minimum absolute atomic E-state index is 0.0745. The Labute approximate surface area is 127 Å². The Hall–Kier alpha value is -1.39. The van der Waals surface area contributed by atoms with Crippen molar-refractivity contribution < 1.29 is 9.53 Å². The van der Waals surface area contributed by atoms with E-state index in [1.807, 2.05) is 6.07 Å². The van der Waals surface area contributed by atoms with Crippen molar-refractivity contribution in [3.63, 3.8) is 0 Å². The minimum Gasteiger partial charge on any atom is -0.383 e. The highest BCUT2D eigenvalue weighted by Gasteiger charge is 2.37. The van der Waals surface area contributed by atoms with Gasteiger partial charge in [0.2, 0.25) is 5.91 Å². The lowest BCUT2D eigenvalue weighted by Gasteiger charge is -2.42. The van der Waals surface area contributed by atoms with Crippen LogP contribution < -0.4 is 10.6 Å². The van der Waals surface area contributed by atoms with Crippen molar-refractivity contribution in [2.45, 2.75) is 25.7 Å². The van der Waals surface area contributed by atoms with Crippen LogP contribution in [0.1, 0.15) is 24.8 Å². The van der Waals surface area contributed by atoms with Crippen LogP contribution in [0.3, 0.4) is 0 Å². The monoisotopic (exact) mass is 290 g/mol. The van der Waals surface area contributed by atoms with Gasteiger partial charge in [0, 0.05) is 20.2 Å². The normalized spacial score (nSPS) is 16.2. The summed E-state index contributed by atoms with van der Waals surface area (Å²) in [5, 5.41) is 6.15. The zero-order valence-corrected chi connectivity index (χ0v) is 12.9. The van der Waals surface area contributed by atoms with Gasteiger partial charge in [0.15, 0.2) is 0 Å². The summed E-state index contributed by atoms with van der Waals surface area (Å²) in [5.74, 6) is 0.0745. The second-order valence-electron chi connectivity index (χ2n) is 5.96. The molecule has 1 aromatic rings. The molecule has 0 saturated heterocycles. The number of amides is 1. The first-order valence-electron chi connectivity index (χ1n) is 7.74. The molecular weight excluding hydrogens is 264 g/mol. The SMILES string of the molecule is COCCNCC(=O)NCC1(Cc2ccccc2)CCC1. The summed E-state index contributed by atoms with van der Waals surface area (Å²) in [7, 11) is 1.66. The second-order valence-corrected chi connectivity index (χ2v) is 5.96. The van der Waals surface area contributed by atoms with E-state index in [1.54, 1.807) is 7.11 Å². The summed E-state index contributed by atoms with van der Waals surface area (Å²) in [4.78, 5) is 11.8. The molecule has 1 saturated carbocycles. The Balaban J connectivity index is 1.73. The van der Waals surface area contributed by atoms with Gasteiger partial charge in [-0.15, -0.1) is 0 Å². The highest BCUT2D eigenvalue weighted by atomic mass is 16.5. The summed E-state index contributed by atoms with van der Waals surface area (Å²) in [5.41, 5.74) is 1.63. The topological polar surface area (TPSA) is 50.4 Å². The Kier molecular flexibility index (Phi) is 6.21. The number of rotatable bonds is 9. The van der Waals surface area contributed by atoms with Crippen molar-refractivity contribution in [2.24, 2.45) is 5.41 Å². The highest BCUT2D eigenvalue weighted by molar-refractivity contribution is 5.78. The number of hydrogen-bond acceptors (Lipinski definition) is 3. The van der Waals surface area contributed by atoms with Crippen molar-refractivity contribution in [1.29, 1.82) is 0 Å². The molecule has 1 amide bonds. The third kappa shape index (κ3) is 5.14. The standard InChI is InChI=1S/C17H26N2O2/c1-21-11-10-18-13-16(20)19-14-17(8-5-9-17)12-15-6-3-2-4-7-15/h2-4,6-7,18H,5,8-14H2,1H3,(H,19,20). The van der Waals surface area contributed by atoms with Crippen LogP contribution in [-0.2, 0) is 16.0 Å². The molecular formula is C17H26N2O2. The average Bonchev–Trinajstić information content (AvgIpc) is 2.47. The van der Waals surface area contributed by atoms with Crippen LogP contribution in [0.4, 0.5) is 0 Å². The van der Waals surface area contributed by atoms with Crippen LogP contribution in [0.15, 0.2) is 30.3 Å². The number of nitrogens with one attached hydrogen (secondary N) is 2. The number of carbonyl (C=O) groups excluding carboxylic acids is 1. The first-order valence-corrected chi connectivity index (χ1v) is 7.74. The summed E-state index contributed by atoms with van der Waals surface area (Å²) >= 11 is 0. The maximum Gasteiger partial charge on any atom is 0.233 e. The third-order valence-electron chi connectivity index (χ3n) is 4.27. The molecule has 2 rings (SSSR count). The van der Waals surface area contributed by atoms with Gasteiger partial charge < -0.3 is 15.4 Å². The van der Waals surface area contributed by atoms with Gasteiger partial charge in [0.1, 0.15) is 0 Å². The molecule has 2 N–H and O–H groups in total. The molecule has 1 aliphatic carbocycles. The minimum atomic E-state index is 0.0745. The van der Waals surface area contributed by atoms with Crippen LogP contribution in [0.5, 0.6) is 0 Å². The predicted octanol–water partition coefficient (Wildman–Crippen LogP) is 1.75. The summed E-state index contributed by atoms with van der Waals surface area (Å²) < 4.78 is 4.94. The predicted molar refractivity (Wildman–Crippen MR) is 84.2 cm³/mol. The molecule has 1 aliphatic rings. The molecule has 4 heteroatoms. The Morgan fingerprint density at radius 2 is 2.05 bits per heavy atom. The van der Waals surface area contributed by atoms with Gasteiger partial charge in [0.25, 0.3) is 0 Å². The number of hydrogen-bond donors (Lipinski definition) is 2. The molecule has 0 atom stereocenters. The highest BCUT2D eigenvalue weighted by Crippen LogP contribution is 2.43. The molecule has 0 aliphatic heterocycles. The van der Waals surface area contributed by atoms with Crippen molar-refractivity contribution in [3.05, 3.63) is 35.9 Å². The lowest BCUT2D eigenvalue weighted by Crippen LogP contribution is -2.46. The van der Waals surface area contributed by atoms with Crippen molar-refractivity contribution >= 4 is 5.91 Å². The van der Waals surface area contributed by atoms with E-state index in [0.29, 0.717) is 19.7 Å². The lowest BCUT2D eigenvalue weighted by molar-refractivity contribution is -0.121. The van der Waals surface area contributed by atoms with Crippen molar-refractivity contribution in [3.8, 4) is 0 Å². The van der Waals surface area contributed by atoms with Crippen LogP contribution in [-0.4, -0.2) is 39.3 Å². The maximum atomic E-state index is 11.8. The molecule has 0 bridgehead atoms. The largest absolute Gasteiger partial charge is 0.383 e. The van der Waals surface area contributed by atoms with Gasteiger partial charge in [0.05, 0.1) is 13.2 Å². The van der Waals surface area contributed by atoms with E-state index in [0.717, 1.165) is 13.0 Å². The fraction of sp³-hybridized carbons (Fsp3) is 0.588. The van der Waals surface area contributed by atoms with E-state index in [4.69, 9.17) is 4.74 Å². The first kappa shape index (κ1) is 16.0. The second kappa shape index (κ2) is 8.15. The van der Waals surface area contributed by atoms with E-state index in [-0.39, 0.29) is 11.3 Å². The molecule has 0 spiro atoms. The molecule has 0 unspecified atom stereocenters. The fourth-order valence-electron chi connectivity index (χ4n) is 2.85. The van der Waals surface area contributed by atoms with E-state index in [2.05, 4.69) is 34.9 Å². The Morgan fingerprint density at radius 1 is 1.29 bits per heavy atom. The van der Waals surface area contributed by atoms with Crippen molar-refractivity contribution in [1.82, 2.24) is 10.6 Å². The maximum absolute atomic E-state index is 11.8. The fourth-order valence-corrected chi connectivity index (χ4v) is 2.85. The summed E-state index contributed by atoms with van der Waals surface area (Å²) in [6, 6.07) is 10.6. The van der Waals surface area contributed by atoms with Gasteiger partial charge in [-0.3, -0.25) is 4.79 Å². The van der Waals surface area contributed by atoms with Gasteiger partial charge in [-0.05, 0) is 30.2 Å². The molecule has 116 valence electrons. The van der Waals surface area contributed by atoms with E-state index >= 15 is 0 Å². The van der Waals surface area contributed by atoms with E-state index in [9.17, 15) is 4.79 Å². The number of benzene rings is 1. The van der Waals surface area contributed by atoms with Gasteiger partial charge in [-0.1, -0.05) is 36.8 Å². The smallest absolute Gasteiger partial charge is 0.233 e. The average molecular weight is 290 g/mol. The van der Waals surface area contributed by atoms with Crippen molar-refractivity contribution in [2.75, 3.05) is 33.4 Å². The van der Waals surface area contributed by atoms with Crippen LogP contribution in [0.25, 0.3) is 0 Å². The number of carbonyl (C=O) groups is 1. The molecule has 1 fully saturated rings. The molecule has 0 aromatic heterocycles. The molecule has 4 nitrogen and oxygen atoms in total. The molecule has 21 heavy (non-hydrogen) atoms. The van der Waals surface area contributed by atoms with Gasteiger partial charge in [-0.2, -0.15) is 0 Å². The Morgan fingerprint density at radius 3 is 2.67 bits per heavy atom. The zero-order valence-electron chi connectivity index (χ0n) is 12.9. The summed E-state index contributed by atoms with van der Waals surface area (Å²) in [6.45, 7) is 2.49. The molecule has 0 radical (unpaired) electrons. The van der Waals surface area contributed by atoms with Crippen LogP contribution in [0.2, 0.25) is 0 Å². The van der Waals surface area contributed by atoms with Crippen LogP contribution >= 0.6 is 0 Å². The van der Waals surface area contributed by atoms with Crippen LogP contribution in [0, 0.1) is 5.41 Å². The number of ether oxygens (including phenoxy) is 1.